The number of hydrogen-bond donors (Lipinski definition) is 2. The average molecular weight is 404 g/mol. The lowest BCUT2D eigenvalue weighted by Crippen LogP contribution is -2.41. The van der Waals surface area contributed by atoms with Crippen molar-refractivity contribution in [2.45, 2.75) is 25.3 Å². The second-order valence-corrected chi connectivity index (χ2v) is 8.45. The molecular formula is C19H24N4O4S. The molecule has 1 aliphatic heterocycles. The number of pyridine rings is 1. The highest BCUT2D eigenvalue weighted by Crippen LogP contribution is 2.15. The molecule has 9 heteroatoms. The SMILES string of the molecule is CC1CN(c2ccc(CNC(=O)c3ccc(CS(N)(=O)=O)cc3)cn2)CCO1. The molecule has 8 nitrogen and oxygen atoms in total. The number of morpholine rings is 1. The Bertz CT molecular complexity index is 914. The molecule has 3 rings (SSSR count). The van der Waals surface area contributed by atoms with E-state index in [2.05, 4.69) is 15.2 Å². The monoisotopic (exact) mass is 404 g/mol. The number of nitrogens with one attached hydrogen (secondary N) is 1. The maximum Gasteiger partial charge on any atom is 0.251 e. The molecule has 0 saturated carbocycles. The van der Waals surface area contributed by atoms with Crippen LogP contribution in [0.3, 0.4) is 0 Å². The summed E-state index contributed by atoms with van der Waals surface area (Å²) in [5, 5.41) is 7.85. The Kier molecular flexibility index (Phi) is 6.28. The van der Waals surface area contributed by atoms with Crippen molar-refractivity contribution < 1.29 is 17.9 Å². The summed E-state index contributed by atoms with van der Waals surface area (Å²) in [5.41, 5.74) is 1.88. The molecule has 0 bridgehead atoms. The van der Waals surface area contributed by atoms with Gasteiger partial charge in [-0.25, -0.2) is 18.5 Å². The lowest BCUT2D eigenvalue weighted by Gasteiger charge is -2.32. The normalized spacial score (nSPS) is 17.4. The first-order valence-electron chi connectivity index (χ1n) is 8.99. The Hall–Kier alpha value is -2.49. The number of ether oxygens (including phenoxy) is 1. The van der Waals surface area contributed by atoms with E-state index in [0.29, 0.717) is 24.3 Å². The molecule has 1 aromatic heterocycles. The van der Waals surface area contributed by atoms with Crippen molar-refractivity contribution in [2.24, 2.45) is 5.14 Å². The number of rotatable bonds is 6. The molecule has 2 aromatic rings. The molecule has 3 N–H and O–H groups in total. The van der Waals surface area contributed by atoms with E-state index in [1.54, 1.807) is 30.5 Å². The third kappa shape index (κ3) is 5.75. The Morgan fingerprint density at radius 3 is 2.57 bits per heavy atom. The summed E-state index contributed by atoms with van der Waals surface area (Å²) in [7, 11) is -3.59. The van der Waals surface area contributed by atoms with Crippen LogP contribution in [-0.2, 0) is 27.1 Å². The van der Waals surface area contributed by atoms with Gasteiger partial charge in [-0.1, -0.05) is 18.2 Å². The van der Waals surface area contributed by atoms with E-state index in [-0.39, 0.29) is 17.8 Å². The van der Waals surface area contributed by atoms with E-state index in [1.807, 2.05) is 19.1 Å². The molecule has 1 aliphatic rings. The van der Waals surface area contributed by atoms with Gasteiger partial charge in [-0.05, 0) is 36.2 Å². The highest BCUT2D eigenvalue weighted by molar-refractivity contribution is 7.88. The van der Waals surface area contributed by atoms with Crippen LogP contribution >= 0.6 is 0 Å². The molecule has 0 aliphatic carbocycles. The molecule has 0 radical (unpaired) electrons. The Labute approximate surface area is 164 Å². The number of nitrogens with two attached hydrogens (primary N) is 1. The van der Waals surface area contributed by atoms with Crippen molar-refractivity contribution in [3.8, 4) is 0 Å². The predicted octanol–water partition coefficient (Wildman–Crippen LogP) is 1.03. The minimum Gasteiger partial charge on any atom is -0.375 e. The molecular weight excluding hydrogens is 380 g/mol. The molecule has 1 fully saturated rings. The van der Waals surface area contributed by atoms with Crippen LogP contribution in [0.4, 0.5) is 5.82 Å². The van der Waals surface area contributed by atoms with Gasteiger partial charge in [0.25, 0.3) is 5.91 Å². The second-order valence-electron chi connectivity index (χ2n) is 6.84. The smallest absolute Gasteiger partial charge is 0.251 e. The molecule has 150 valence electrons. The minimum absolute atomic E-state index is 0.186. The Balaban J connectivity index is 1.54. The fourth-order valence-corrected chi connectivity index (χ4v) is 3.66. The summed E-state index contributed by atoms with van der Waals surface area (Å²) in [6.07, 6.45) is 1.94. The number of hydrogen-bond acceptors (Lipinski definition) is 6. The maximum absolute atomic E-state index is 12.3. The van der Waals surface area contributed by atoms with E-state index in [1.165, 1.54) is 0 Å². The van der Waals surface area contributed by atoms with Gasteiger partial charge < -0.3 is 15.0 Å². The number of sulfonamides is 1. The fourth-order valence-electron chi connectivity index (χ4n) is 3.00. The zero-order valence-corrected chi connectivity index (χ0v) is 16.5. The summed E-state index contributed by atoms with van der Waals surface area (Å²) >= 11 is 0. The molecule has 28 heavy (non-hydrogen) atoms. The van der Waals surface area contributed by atoms with E-state index >= 15 is 0 Å². The number of carbonyl (C=O) groups is 1. The van der Waals surface area contributed by atoms with Crippen molar-refractivity contribution in [1.82, 2.24) is 10.3 Å². The maximum atomic E-state index is 12.3. The van der Waals surface area contributed by atoms with E-state index in [9.17, 15) is 13.2 Å². The van der Waals surface area contributed by atoms with Crippen LogP contribution < -0.4 is 15.4 Å². The highest BCUT2D eigenvalue weighted by atomic mass is 32.2. The van der Waals surface area contributed by atoms with Gasteiger partial charge in [0.05, 0.1) is 18.5 Å². The standard InChI is InChI=1S/C19H24N4O4S/c1-14-12-23(8-9-27-14)18-7-4-16(10-21-18)11-22-19(24)17-5-2-15(3-6-17)13-28(20,25)26/h2-7,10,14H,8-9,11-13H2,1H3,(H,22,24)(H2,20,25,26). The molecule has 1 atom stereocenters. The van der Waals surface area contributed by atoms with Gasteiger partial charge in [0.15, 0.2) is 0 Å². The Morgan fingerprint density at radius 2 is 1.96 bits per heavy atom. The molecule has 1 unspecified atom stereocenters. The van der Waals surface area contributed by atoms with Gasteiger partial charge in [0, 0.05) is 31.4 Å². The molecule has 2 heterocycles. The number of aromatic nitrogens is 1. The lowest BCUT2D eigenvalue weighted by atomic mass is 10.1. The van der Waals surface area contributed by atoms with E-state index in [4.69, 9.17) is 9.88 Å². The first kappa shape index (κ1) is 20.2. The Morgan fingerprint density at radius 1 is 1.25 bits per heavy atom. The first-order valence-corrected chi connectivity index (χ1v) is 10.7. The van der Waals surface area contributed by atoms with Crippen molar-refractivity contribution in [2.75, 3.05) is 24.6 Å². The van der Waals surface area contributed by atoms with Crippen LogP contribution in [0.2, 0.25) is 0 Å². The average Bonchev–Trinajstić information content (AvgIpc) is 2.66. The number of nitrogens with zero attached hydrogens (tertiary/aromatic N) is 2. The number of amides is 1. The van der Waals surface area contributed by atoms with Crippen molar-refractivity contribution in [1.29, 1.82) is 0 Å². The van der Waals surface area contributed by atoms with Crippen molar-refractivity contribution in [3.05, 3.63) is 59.3 Å². The first-order chi connectivity index (χ1) is 13.3. The van der Waals surface area contributed by atoms with Crippen LogP contribution in [-0.4, -0.2) is 45.1 Å². The van der Waals surface area contributed by atoms with Crippen LogP contribution in [0.5, 0.6) is 0 Å². The van der Waals surface area contributed by atoms with Crippen LogP contribution in [0.25, 0.3) is 0 Å². The number of benzene rings is 1. The van der Waals surface area contributed by atoms with Crippen molar-refractivity contribution in [3.63, 3.8) is 0 Å². The van der Waals surface area contributed by atoms with Gasteiger partial charge in [-0.15, -0.1) is 0 Å². The largest absolute Gasteiger partial charge is 0.375 e. The van der Waals surface area contributed by atoms with Gasteiger partial charge in [-0.3, -0.25) is 4.79 Å². The minimum atomic E-state index is -3.59. The third-order valence-corrected chi connectivity index (χ3v) is 5.15. The third-order valence-electron chi connectivity index (χ3n) is 4.41. The quantitative estimate of drug-likeness (QED) is 0.743. The summed E-state index contributed by atoms with van der Waals surface area (Å²) in [4.78, 5) is 18.9. The van der Waals surface area contributed by atoms with Crippen LogP contribution in [0.1, 0.15) is 28.4 Å². The van der Waals surface area contributed by atoms with E-state index < -0.39 is 10.0 Å². The van der Waals surface area contributed by atoms with E-state index in [0.717, 1.165) is 24.5 Å². The molecule has 1 amide bonds. The van der Waals surface area contributed by atoms with Gasteiger partial charge >= 0.3 is 0 Å². The number of anilines is 1. The van der Waals surface area contributed by atoms with Gasteiger partial charge in [-0.2, -0.15) is 0 Å². The topological polar surface area (TPSA) is 115 Å². The summed E-state index contributed by atoms with van der Waals surface area (Å²) in [6.45, 7) is 4.71. The predicted molar refractivity (Wildman–Crippen MR) is 106 cm³/mol. The summed E-state index contributed by atoms with van der Waals surface area (Å²) < 4.78 is 27.7. The number of carbonyl (C=O) groups excluding carboxylic acids is 1. The molecule has 1 saturated heterocycles. The van der Waals surface area contributed by atoms with Crippen LogP contribution in [0, 0.1) is 0 Å². The highest BCUT2D eigenvalue weighted by Gasteiger charge is 2.17. The fraction of sp³-hybridized carbons (Fsp3) is 0.368. The summed E-state index contributed by atoms with van der Waals surface area (Å²) in [6, 6.07) is 10.2. The molecule has 1 aromatic carbocycles. The number of primary sulfonamides is 1. The van der Waals surface area contributed by atoms with Crippen molar-refractivity contribution >= 4 is 21.7 Å². The second kappa shape index (κ2) is 8.68. The summed E-state index contributed by atoms with van der Waals surface area (Å²) in [5.74, 6) is 0.401. The van der Waals surface area contributed by atoms with Crippen LogP contribution in [0.15, 0.2) is 42.6 Å². The molecule has 0 spiro atoms. The zero-order chi connectivity index (χ0) is 20.1. The van der Waals surface area contributed by atoms with Gasteiger partial charge in [0.1, 0.15) is 5.82 Å². The van der Waals surface area contributed by atoms with Gasteiger partial charge in [0.2, 0.25) is 10.0 Å². The lowest BCUT2D eigenvalue weighted by molar-refractivity contribution is 0.0529. The zero-order valence-electron chi connectivity index (χ0n) is 15.7.